The number of nitrogens with zero attached hydrogens (tertiary/aromatic N) is 1. The first-order chi connectivity index (χ1) is 13.0. The molecule has 7 heteroatoms. The van der Waals surface area contributed by atoms with Gasteiger partial charge in [-0.05, 0) is 31.2 Å². The zero-order valence-corrected chi connectivity index (χ0v) is 15.2. The van der Waals surface area contributed by atoms with Crippen LogP contribution in [0.15, 0.2) is 47.4 Å². The van der Waals surface area contributed by atoms with Crippen molar-refractivity contribution in [3.05, 3.63) is 64.3 Å². The van der Waals surface area contributed by atoms with Crippen molar-refractivity contribution in [1.29, 1.82) is 0 Å². The lowest BCUT2D eigenvalue weighted by Gasteiger charge is -2.14. The van der Waals surface area contributed by atoms with Crippen LogP contribution in [0.3, 0.4) is 0 Å². The third kappa shape index (κ3) is 3.36. The molecule has 0 aliphatic heterocycles. The molecule has 0 saturated heterocycles. The van der Waals surface area contributed by atoms with Crippen molar-refractivity contribution in [2.45, 2.75) is 13.5 Å². The van der Waals surface area contributed by atoms with Gasteiger partial charge in [-0.1, -0.05) is 12.1 Å². The molecule has 1 N–H and O–H groups in total. The Morgan fingerprint density at radius 2 is 1.74 bits per heavy atom. The SMILES string of the molecule is CCn1cc(C(=O)Nc2ccccc2F)c2cc(OC)c(OC)cc2c1=O. The molecule has 2 aromatic carbocycles. The maximum atomic E-state index is 13.9. The van der Waals surface area contributed by atoms with E-state index >= 15 is 0 Å². The summed E-state index contributed by atoms with van der Waals surface area (Å²) in [6.45, 7) is 2.18. The second kappa shape index (κ2) is 7.49. The molecule has 27 heavy (non-hydrogen) atoms. The molecule has 1 aromatic heterocycles. The van der Waals surface area contributed by atoms with Gasteiger partial charge < -0.3 is 19.4 Å². The summed E-state index contributed by atoms with van der Waals surface area (Å²) in [5.41, 5.74) is 0.0388. The van der Waals surface area contributed by atoms with E-state index in [1.165, 1.54) is 43.2 Å². The molecular weight excluding hydrogens is 351 g/mol. The molecule has 6 nitrogen and oxygen atoms in total. The van der Waals surface area contributed by atoms with Crippen LogP contribution in [0.25, 0.3) is 10.8 Å². The summed E-state index contributed by atoms with van der Waals surface area (Å²) in [6.07, 6.45) is 1.47. The number of para-hydroxylation sites is 1. The summed E-state index contributed by atoms with van der Waals surface area (Å²) in [4.78, 5) is 25.5. The molecule has 0 bridgehead atoms. The van der Waals surface area contributed by atoms with E-state index in [1.54, 1.807) is 25.1 Å². The molecule has 3 aromatic rings. The van der Waals surface area contributed by atoms with Crippen LogP contribution >= 0.6 is 0 Å². The predicted molar refractivity (Wildman–Crippen MR) is 101 cm³/mol. The van der Waals surface area contributed by atoms with Crippen LogP contribution < -0.4 is 20.3 Å². The van der Waals surface area contributed by atoms with Crippen LogP contribution in [-0.2, 0) is 6.54 Å². The molecule has 0 radical (unpaired) electrons. The van der Waals surface area contributed by atoms with Crippen LogP contribution in [0.1, 0.15) is 17.3 Å². The minimum atomic E-state index is -0.543. The normalized spacial score (nSPS) is 10.7. The maximum Gasteiger partial charge on any atom is 0.258 e. The number of aryl methyl sites for hydroxylation is 1. The van der Waals surface area contributed by atoms with Gasteiger partial charge in [0.2, 0.25) is 0 Å². The number of nitrogens with one attached hydrogen (secondary N) is 1. The van der Waals surface area contributed by atoms with Gasteiger partial charge in [-0.3, -0.25) is 9.59 Å². The van der Waals surface area contributed by atoms with E-state index in [9.17, 15) is 14.0 Å². The third-order valence-electron chi connectivity index (χ3n) is 4.30. The van der Waals surface area contributed by atoms with Crippen molar-refractivity contribution in [3.63, 3.8) is 0 Å². The third-order valence-corrected chi connectivity index (χ3v) is 4.30. The number of hydrogen-bond acceptors (Lipinski definition) is 4. The first-order valence-electron chi connectivity index (χ1n) is 8.35. The van der Waals surface area contributed by atoms with E-state index in [-0.39, 0.29) is 16.8 Å². The highest BCUT2D eigenvalue weighted by molar-refractivity contribution is 6.13. The summed E-state index contributed by atoms with van der Waals surface area (Å²) in [7, 11) is 2.94. The predicted octanol–water partition coefficient (Wildman–Crippen LogP) is 3.43. The molecule has 0 unspecified atom stereocenters. The molecule has 0 aliphatic carbocycles. The number of amides is 1. The van der Waals surface area contributed by atoms with E-state index < -0.39 is 11.7 Å². The number of fused-ring (bicyclic) bond motifs is 1. The van der Waals surface area contributed by atoms with Crippen LogP contribution in [0, 0.1) is 5.82 Å². The minimum absolute atomic E-state index is 0.0605. The number of rotatable bonds is 5. The summed E-state index contributed by atoms with van der Waals surface area (Å²) in [5.74, 6) is -0.298. The number of anilines is 1. The largest absolute Gasteiger partial charge is 0.493 e. The molecule has 0 fully saturated rings. The van der Waals surface area contributed by atoms with Crippen molar-refractivity contribution in [3.8, 4) is 11.5 Å². The second-order valence-electron chi connectivity index (χ2n) is 5.82. The van der Waals surface area contributed by atoms with Crippen molar-refractivity contribution < 1.29 is 18.7 Å². The first kappa shape index (κ1) is 18.4. The topological polar surface area (TPSA) is 69.6 Å². The average molecular weight is 370 g/mol. The number of halogens is 1. The molecule has 0 spiro atoms. The van der Waals surface area contributed by atoms with E-state index in [0.717, 1.165) is 0 Å². The maximum absolute atomic E-state index is 13.9. The molecule has 3 rings (SSSR count). The van der Waals surface area contributed by atoms with Crippen LogP contribution in [-0.4, -0.2) is 24.7 Å². The molecule has 1 heterocycles. The summed E-state index contributed by atoms with van der Waals surface area (Å²) in [5, 5.41) is 3.27. The van der Waals surface area contributed by atoms with Crippen molar-refractivity contribution in [2.75, 3.05) is 19.5 Å². The Balaban J connectivity index is 2.21. The zero-order valence-electron chi connectivity index (χ0n) is 15.2. The fourth-order valence-corrected chi connectivity index (χ4v) is 2.89. The van der Waals surface area contributed by atoms with Gasteiger partial charge in [0, 0.05) is 18.1 Å². The van der Waals surface area contributed by atoms with E-state index in [2.05, 4.69) is 5.32 Å². The molecule has 140 valence electrons. The number of ether oxygens (including phenoxy) is 2. The molecule has 0 atom stereocenters. The van der Waals surface area contributed by atoms with Gasteiger partial charge in [-0.2, -0.15) is 0 Å². The fraction of sp³-hybridized carbons (Fsp3) is 0.200. The highest BCUT2D eigenvalue weighted by Crippen LogP contribution is 2.32. The average Bonchev–Trinajstić information content (AvgIpc) is 2.69. The van der Waals surface area contributed by atoms with Crippen molar-refractivity contribution in [1.82, 2.24) is 4.57 Å². The zero-order chi connectivity index (χ0) is 19.6. The summed E-state index contributed by atoms with van der Waals surface area (Å²) < 4.78 is 25.9. The number of aromatic nitrogens is 1. The number of benzene rings is 2. The van der Waals surface area contributed by atoms with Crippen LogP contribution in [0.2, 0.25) is 0 Å². The Morgan fingerprint density at radius 1 is 1.11 bits per heavy atom. The number of hydrogen-bond donors (Lipinski definition) is 1. The Kier molecular flexibility index (Phi) is 5.12. The summed E-state index contributed by atoms with van der Waals surface area (Å²) in [6, 6.07) is 9.00. The van der Waals surface area contributed by atoms with Gasteiger partial charge in [-0.15, -0.1) is 0 Å². The highest BCUT2D eigenvalue weighted by Gasteiger charge is 2.18. The smallest absolute Gasteiger partial charge is 0.258 e. The van der Waals surface area contributed by atoms with Crippen LogP contribution in [0.5, 0.6) is 11.5 Å². The number of methoxy groups -OCH3 is 2. The second-order valence-corrected chi connectivity index (χ2v) is 5.82. The van der Waals surface area contributed by atoms with Crippen molar-refractivity contribution in [2.24, 2.45) is 0 Å². The van der Waals surface area contributed by atoms with Gasteiger partial charge in [0.05, 0.1) is 30.9 Å². The van der Waals surface area contributed by atoms with Gasteiger partial charge in [-0.25, -0.2) is 4.39 Å². The fourth-order valence-electron chi connectivity index (χ4n) is 2.89. The highest BCUT2D eigenvalue weighted by atomic mass is 19.1. The Bertz CT molecular complexity index is 1080. The lowest BCUT2D eigenvalue weighted by molar-refractivity contribution is 0.102. The number of pyridine rings is 1. The standard InChI is InChI=1S/C20H19FN2O4/c1-4-23-11-14(19(24)22-16-8-6-5-7-15(16)21)12-9-17(26-2)18(27-3)10-13(12)20(23)25/h5-11H,4H2,1-3H3,(H,22,24). The van der Waals surface area contributed by atoms with Gasteiger partial charge in [0.15, 0.2) is 11.5 Å². The summed E-state index contributed by atoms with van der Waals surface area (Å²) >= 11 is 0. The minimum Gasteiger partial charge on any atom is -0.493 e. The van der Waals surface area contributed by atoms with Gasteiger partial charge in [0.1, 0.15) is 5.82 Å². The van der Waals surface area contributed by atoms with Gasteiger partial charge >= 0.3 is 0 Å². The molecular formula is C20H19FN2O4. The number of carbonyl (C=O) groups is 1. The van der Waals surface area contributed by atoms with E-state index in [0.29, 0.717) is 28.8 Å². The quantitative estimate of drug-likeness (QED) is 0.747. The molecule has 0 aliphatic rings. The van der Waals surface area contributed by atoms with E-state index in [4.69, 9.17) is 9.47 Å². The molecule has 0 saturated carbocycles. The first-order valence-corrected chi connectivity index (χ1v) is 8.35. The Morgan fingerprint density at radius 3 is 2.33 bits per heavy atom. The monoisotopic (exact) mass is 370 g/mol. The van der Waals surface area contributed by atoms with Crippen molar-refractivity contribution >= 4 is 22.4 Å². The Hall–Kier alpha value is -3.35. The molecule has 1 amide bonds. The van der Waals surface area contributed by atoms with Gasteiger partial charge in [0.25, 0.3) is 11.5 Å². The van der Waals surface area contributed by atoms with E-state index in [1.807, 2.05) is 0 Å². The lowest BCUT2D eigenvalue weighted by atomic mass is 10.1. The number of carbonyl (C=O) groups excluding carboxylic acids is 1. The lowest BCUT2D eigenvalue weighted by Crippen LogP contribution is -2.23. The Labute approximate surface area is 155 Å². The van der Waals surface area contributed by atoms with Crippen LogP contribution in [0.4, 0.5) is 10.1 Å².